The molecule has 0 fully saturated rings. The van der Waals surface area contributed by atoms with Gasteiger partial charge in [0, 0.05) is 0 Å². The van der Waals surface area contributed by atoms with Crippen molar-refractivity contribution in [2.45, 2.75) is 13.8 Å². The highest BCUT2D eigenvalue weighted by atomic mass is 32.2. The Morgan fingerprint density at radius 1 is 1.43 bits per heavy atom. The Morgan fingerprint density at radius 3 is 2.21 bits per heavy atom. The van der Waals surface area contributed by atoms with E-state index in [1.54, 1.807) is 13.8 Å². The molecule has 0 bridgehead atoms. The van der Waals surface area contributed by atoms with Gasteiger partial charge in [-0.3, -0.25) is 4.55 Å². The van der Waals surface area contributed by atoms with Gasteiger partial charge in [0.1, 0.15) is 0 Å². The average molecular weight is 220 g/mol. The topological polar surface area (TPSA) is 54.4 Å². The Morgan fingerprint density at radius 2 is 1.93 bits per heavy atom. The van der Waals surface area contributed by atoms with Crippen LogP contribution in [-0.2, 0) is 10.1 Å². The second-order valence-corrected chi connectivity index (χ2v) is 4.51. The molecule has 0 heterocycles. The van der Waals surface area contributed by atoms with Crippen molar-refractivity contribution in [3.8, 4) is 0 Å². The summed E-state index contributed by atoms with van der Waals surface area (Å²) in [5, 5.41) is 0. The number of hydrogen-bond acceptors (Lipinski definition) is 2. The van der Waals surface area contributed by atoms with Gasteiger partial charge in [-0.15, -0.1) is 0 Å². The standard InChI is InChI=1S/C9H13FO3S/c1-7(2)9(6-10)5-4-8(3)14(11,12)13/h4-7H,3H2,1-2H3,(H,11,12,13)/b5-4-,9-6-. The van der Waals surface area contributed by atoms with Crippen LogP contribution in [0, 0.1) is 5.92 Å². The molecule has 0 aromatic rings. The van der Waals surface area contributed by atoms with E-state index in [1.807, 2.05) is 0 Å². The molecule has 0 saturated carbocycles. The summed E-state index contributed by atoms with van der Waals surface area (Å²) in [6, 6.07) is 0. The van der Waals surface area contributed by atoms with Crippen molar-refractivity contribution in [2.24, 2.45) is 5.92 Å². The zero-order valence-corrected chi connectivity index (χ0v) is 8.88. The quantitative estimate of drug-likeness (QED) is 0.585. The Balaban J connectivity index is 4.70. The molecule has 0 rings (SSSR count). The van der Waals surface area contributed by atoms with Crippen LogP contribution in [0.5, 0.6) is 0 Å². The highest BCUT2D eigenvalue weighted by Crippen LogP contribution is 2.13. The maximum absolute atomic E-state index is 12.2. The van der Waals surface area contributed by atoms with Crippen LogP contribution in [-0.4, -0.2) is 13.0 Å². The molecule has 0 aliphatic carbocycles. The van der Waals surface area contributed by atoms with Gasteiger partial charge < -0.3 is 0 Å². The SMILES string of the molecule is C=C(/C=C\C(=C\F)C(C)C)S(=O)(=O)O. The molecule has 0 aromatic carbocycles. The molecule has 0 unspecified atom stereocenters. The third-order valence-electron chi connectivity index (χ3n) is 1.59. The molecule has 0 spiro atoms. The van der Waals surface area contributed by atoms with Crippen LogP contribution in [0.4, 0.5) is 4.39 Å². The van der Waals surface area contributed by atoms with Crippen LogP contribution < -0.4 is 0 Å². The van der Waals surface area contributed by atoms with E-state index in [2.05, 4.69) is 6.58 Å². The maximum atomic E-state index is 12.2. The van der Waals surface area contributed by atoms with Crippen molar-refractivity contribution in [1.82, 2.24) is 0 Å². The predicted molar refractivity (Wildman–Crippen MR) is 53.9 cm³/mol. The van der Waals surface area contributed by atoms with Crippen LogP contribution in [0.1, 0.15) is 13.8 Å². The molecule has 5 heteroatoms. The number of halogens is 1. The van der Waals surface area contributed by atoms with Gasteiger partial charge in [-0.05, 0) is 17.6 Å². The van der Waals surface area contributed by atoms with Gasteiger partial charge in [-0.1, -0.05) is 26.5 Å². The number of allylic oxidation sites excluding steroid dienone is 3. The molecule has 0 radical (unpaired) electrons. The molecule has 0 saturated heterocycles. The second kappa shape index (κ2) is 5.07. The monoisotopic (exact) mass is 220 g/mol. The zero-order chi connectivity index (χ0) is 11.4. The molecule has 1 N–H and O–H groups in total. The lowest BCUT2D eigenvalue weighted by molar-refractivity contribution is 0.492. The van der Waals surface area contributed by atoms with Gasteiger partial charge in [0.05, 0.1) is 11.2 Å². The minimum atomic E-state index is -4.26. The normalized spacial score (nSPS) is 13.9. The van der Waals surface area contributed by atoms with E-state index in [9.17, 15) is 12.8 Å². The van der Waals surface area contributed by atoms with Crippen molar-refractivity contribution >= 4 is 10.1 Å². The molecule has 0 amide bonds. The average Bonchev–Trinajstić information content (AvgIpc) is 2.02. The first-order valence-electron chi connectivity index (χ1n) is 3.93. The van der Waals surface area contributed by atoms with Crippen molar-refractivity contribution in [2.75, 3.05) is 0 Å². The van der Waals surface area contributed by atoms with Crippen LogP contribution in [0.15, 0.2) is 35.5 Å². The summed E-state index contributed by atoms with van der Waals surface area (Å²) in [5.41, 5.74) is 0.329. The molecule has 80 valence electrons. The van der Waals surface area contributed by atoms with Gasteiger partial charge in [0.15, 0.2) is 0 Å². The molecule has 3 nitrogen and oxygen atoms in total. The van der Waals surface area contributed by atoms with Crippen molar-refractivity contribution in [3.63, 3.8) is 0 Å². The Kier molecular flexibility index (Phi) is 4.73. The zero-order valence-electron chi connectivity index (χ0n) is 8.07. The fourth-order valence-corrected chi connectivity index (χ4v) is 0.870. The lowest BCUT2D eigenvalue weighted by Gasteiger charge is -2.02. The summed E-state index contributed by atoms with van der Waals surface area (Å²) in [5.74, 6) is -0.0644. The highest BCUT2D eigenvalue weighted by molar-refractivity contribution is 7.90. The van der Waals surface area contributed by atoms with Crippen molar-refractivity contribution in [1.29, 1.82) is 0 Å². The third-order valence-corrected chi connectivity index (χ3v) is 2.38. The fourth-order valence-electron chi connectivity index (χ4n) is 0.630. The molecule has 0 aliphatic heterocycles. The van der Waals surface area contributed by atoms with E-state index in [4.69, 9.17) is 4.55 Å². The summed E-state index contributed by atoms with van der Waals surface area (Å²) in [6.07, 6.45) is 2.71. The highest BCUT2D eigenvalue weighted by Gasteiger charge is 2.07. The van der Waals surface area contributed by atoms with Gasteiger partial charge >= 0.3 is 0 Å². The first-order chi connectivity index (χ1) is 6.29. The first kappa shape index (κ1) is 13.1. The summed E-state index contributed by atoms with van der Waals surface area (Å²) < 4.78 is 41.7. The van der Waals surface area contributed by atoms with Gasteiger partial charge in [0.25, 0.3) is 10.1 Å². The van der Waals surface area contributed by atoms with E-state index in [0.717, 1.165) is 6.08 Å². The smallest absolute Gasteiger partial charge is 0.282 e. The summed E-state index contributed by atoms with van der Waals surface area (Å²) in [4.78, 5) is -0.461. The van der Waals surface area contributed by atoms with E-state index in [0.29, 0.717) is 11.9 Å². The van der Waals surface area contributed by atoms with Crippen molar-refractivity contribution in [3.05, 3.63) is 35.5 Å². The molecule has 0 aliphatic rings. The fraction of sp³-hybridized carbons (Fsp3) is 0.333. The van der Waals surface area contributed by atoms with Crippen LogP contribution >= 0.6 is 0 Å². The molecule has 0 atom stereocenters. The number of rotatable bonds is 4. The second-order valence-electron chi connectivity index (χ2n) is 3.04. The summed E-state index contributed by atoms with van der Waals surface area (Å²) >= 11 is 0. The van der Waals surface area contributed by atoms with Crippen LogP contribution in [0.2, 0.25) is 0 Å². The lowest BCUT2D eigenvalue weighted by Crippen LogP contribution is -1.98. The first-order valence-corrected chi connectivity index (χ1v) is 5.37. The van der Waals surface area contributed by atoms with E-state index < -0.39 is 15.0 Å². The van der Waals surface area contributed by atoms with Crippen LogP contribution in [0.25, 0.3) is 0 Å². The van der Waals surface area contributed by atoms with E-state index >= 15 is 0 Å². The molecular weight excluding hydrogens is 207 g/mol. The predicted octanol–water partition coefficient (Wildman–Crippen LogP) is 2.45. The van der Waals surface area contributed by atoms with Crippen LogP contribution in [0.3, 0.4) is 0 Å². The summed E-state index contributed by atoms with van der Waals surface area (Å²) in [6.45, 7) is 6.63. The van der Waals surface area contributed by atoms with Crippen molar-refractivity contribution < 1.29 is 17.4 Å². The van der Waals surface area contributed by atoms with E-state index in [1.165, 1.54) is 6.08 Å². The summed E-state index contributed by atoms with van der Waals surface area (Å²) in [7, 11) is -4.26. The third kappa shape index (κ3) is 4.34. The minimum absolute atomic E-state index is 0.0644. The molecule has 0 aromatic heterocycles. The number of hydrogen-bond donors (Lipinski definition) is 1. The maximum Gasteiger partial charge on any atom is 0.293 e. The molecule has 14 heavy (non-hydrogen) atoms. The lowest BCUT2D eigenvalue weighted by atomic mass is 10.1. The Bertz CT molecular complexity index is 364. The Labute approximate surface area is 83.4 Å². The van der Waals surface area contributed by atoms with E-state index in [-0.39, 0.29) is 5.92 Å². The minimum Gasteiger partial charge on any atom is -0.282 e. The van der Waals surface area contributed by atoms with Gasteiger partial charge in [-0.25, -0.2) is 4.39 Å². The van der Waals surface area contributed by atoms with Gasteiger partial charge in [0.2, 0.25) is 0 Å². The molecular formula is C9H13FO3S. The van der Waals surface area contributed by atoms with Gasteiger partial charge in [-0.2, -0.15) is 8.42 Å². The largest absolute Gasteiger partial charge is 0.293 e. The Hall–Kier alpha value is -0.940.